The smallest absolute Gasteiger partial charge is 0.336 e. The Bertz CT molecular complexity index is 1650. The number of benzene rings is 3. The second kappa shape index (κ2) is 17.3. The highest BCUT2D eigenvalue weighted by atomic mass is 16.6. The molecule has 9 heteroatoms. The van der Waals surface area contributed by atoms with Crippen molar-refractivity contribution in [1.29, 1.82) is 0 Å². The number of rotatable bonds is 15. The number of unbranched alkanes of at least 4 members (excludes halogenated alkanes) is 3. The topological polar surface area (TPSA) is 111 Å². The van der Waals surface area contributed by atoms with Gasteiger partial charge in [0.1, 0.15) is 0 Å². The maximum Gasteiger partial charge on any atom is 0.336 e. The van der Waals surface area contributed by atoms with Gasteiger partial charge in [-0.1, -0.05) is 99.0 Å². The summed E-state index contributed by atoms with van der Waals surface area (Å²) in [6.45, 7) is 8.73. The van der Waals surface area contributed by atoms with Crippen molar-refractivity contribution in [2.75, 3.05) is 32.8 Å². The molecule has 3 aromatic rings. The Balaban J connectivity index is 1.25. The Hall–Kier alpha value is -4.76. The minimum Gasteiger partial charge on any atom is -0.462 e. The van der Waals surface area contributed by atoms with Crippen molar-refractivity contribution in [3.8, 4) is 0 Å². The van der Waals surface area contributed by atoms with Crippen LogP contribution in [-0.2, 0) is 24.5 Å². The van der Waals surface area contributed by atoms with Crippen LogP contribution in [0.1, 0.15) is 88.3 Å². The maximum atomic E-state index is 13.8. The average Bonchev–Trinajstić information content (AvgIpc) is 3.14. The molecule has 0 radical (unpaired) electrons. The molecule has 1 fully saturated rings. The van der Waals surface area contributed by atoms with Crippen LogP contribution in [0.15, 0.2) is 107 Å². The van der Waals surface area contributed by atoms with Crippen LogP contribution in [0.3, 0.4) is 0 Å². The summed E-state index contributed by atoms with van der Waals surface area (Å²) in [7, 11) is 0. The number of carbonyl (C=O) groups excluding carboxylic acids is 2. The molecule has 5 rings (SSSR count). The Morgan fingerprint density at radius 3 is 1.90 bits per heavy atom. The fourth-order valence-corrected chi connectivity index (χ4v) is 7.41. The molecule has 0 aliphatic carbocycles. The van der Waals surface area contributed by atoms with Crippen molar-refractivity contribution in [3.05, 3.63) is 134 Å². The molecule has 1 unspecified atom stereocenters. The van der Waals surface area contributed by atoms with Gasteiger partial charge in [-0.15, -0.1) is 0 Å². The number of non-ortho nitro benzene ring substituents is 1. The molecule has 3 aromatic carbocycles. The number of ether oxygens (including phenoxy) is 2. The standard InChI is InChI=1S/C41H49N3O6/c1-4-5-6-13-27-49-39(45)36-30(2)42-31(3)37(38(36)32-16-14-21-35(29-32)44(47)48)40(46)50-28-15-24-43-25-22-41(23-26-43,33-17-9-7-10-18-33)34-19-11-8-12-20-34/h7-12,14,16-21,29,38,42H,4-6,13,15,22-28H2,1-3H3. The highest BCUT2D eigenvalue weighted by Crippen LogP contribution is 2.42. The third-order valence-corrected chi connectivity index (χ3v) is 10.1. The Morgan fingerprint density at radius 2 is 1.36 bits per heavy atom. The van der Waals surface area contributed by atoms with Crippen LogP contribution in [0.25, 0.3) is 0 Å². The van der Waals surface area contributed by atoms with E-state index in [2.05, 4.69) is 77.8 Å². The summed E-state index contributed by atoms with van der Waals surface area (Å²) in [6, 6.07) is 27.6. The SMILES string of the molecule is CCCCCCOC(=O)C1=C(C)NC(C)=C(C(=O)OCCCN2CCC(c3ccccc3)(c3ccccc3)CC2)C1c1cccc([N+](=O)[O-])c1. The van der Waals surface area contributed by atoms with E-state index in [-0.39, 0.29) is 35.5 Å². The Kier molecular flexibility index (Phi) is 12.6. The highest BCUT2D eigenvalue weighted by molar-refractivity contribution is 6.00. The summed E-state index contributed by atoms with van der Waals surface area (Å²) in [5.74, 6) is -1.98. The molecule has 50 heavy (non-hydrogen) atoms. The van der Waals surface area contributed by atoms with Gasteiger partial charge in [-0.3, -0.25) is 10.1 Å². The van der Waals surface area contributed by atoms with Crippen LogP contribution < -0.4 is 5.32 Å². The lowest BCUT2D eigenvalue weighted by atomic mass is 9.68. The zero-order valence-corrected chi connectivity index (χ0v) is 29.5. The third-order valence-electron chi connectivity index (χ3n) is 10.1. The number of piperidine rings is 1. The summed E-state index contributed by atoms with van der Waals surface area (Å²) < 4.78 is 11.5. The van der Waals surface area contributed by atoms with E-state index >= 15 is 0 Å². The molecule has 1 saturated heterocycles. The molecule has 1 N–H and O–H groups in total. The summed E-state index contributed by atoms with van der Waals surface area (Å²) in [5.41, 5.74) is 4.57. The molecule has 0 bridgehead atoms. The number of likely N-dealkylation sites (tertiary alicyclic amines) is 1. The number of dihydropyridines is 1. The van der Waals surface area contributed by atoms with Crippen LogP contribution in [0.4, 0.5) is 5.69 Å². The zero-order chi connectivity index (χ0) is 35.5. The van der Waals surface area contributed by atoms with Gasteiger partial charge in [0.15, 0.2) is 0 Å². The molecule has 1 atom stereocenters. The first-order valence-electron chi connectivity index (χ1n) is 17.9. The number of nitro benzene ring substituents is 1. The first-order chi connectivity index (χ1) is 24.2. The number of nitro groups is 1. The van der Waals surface area contributed by atoms with Crippen molar-refractivity contribution in [2.45, 2.75) is 77.0 Å². The van der Waals surface area contributed by atoms with E-state index in [0.29, 0.717) is 23.4 Å². The molecule has 0 amide bonds. The second-order valence-corrected chi connectivity index (χ2v) is 13.3. The number of hydrogen-bond donors (Lipinski definition) is 1. The number of allylic oxidation sites excluding steroid dienone is 2. The number of carbonyl (C=O) groups is 2. The van der Waals surface area contributed by atoms with Gasteiger partial charge in [0.25, 0.3) is 5.69 Å². The minimum absolute atomic E-state index is 0.0367. The van der Waals surface area contributed by atoms with Gasteiger partial charge in [0.2, 0.25) is 0 Å². The van der Waals surface area contributed by atoms with Gasteiger partial charge in [-0.25, -0.2) is 9.59 Å². The van der Waals surface area contributed by atoms with Crippen molar-refractivity contribution in [3.63, 3.8) is 0 Å². The Morgan fingerprint density at radius 1 is 0.800 bits per heavy atom. The van der Waals surface area contributed by atoms with Crippen molar-refractivity contribution in [1.82, 2.24) is 10.2 Å². The van der Waals surface area contributed by atoms with Crippen LogP contribution >= 0.6 is 0 Å². The lowest BCUT2D eigenvalue weighted by Crippen LogP contribution is -2.43. The maximum absolute atomic E-state index is 13.8. The predicted octanol–water partition coefficient (Wildman–Crippen LogP) is 7.97. The summed E-state index contributed by atoms with van der Waals surface area (Å²) >= 11 is 0. The van der Waals surface area contributed by atoms with Crippen LogP contribution in [0.5, 0.6) is 0 Å². The van der Waals surface area contributed by atoms with E-state index in [1.165, 1.54) is 23.3 Å². The number of hydrogen-bond acceptors (Lipinski definition) is 8. The molecule has 264 valence electrons. The van der Waals surface area contributed by atoms with Gasteiger partial charge in [-0.2, -0.15) is 0 Å². The van der Waals surface area contributed by atoms with Gasteiger partial charge < -0.3 is 19.7 Å². The van der Waals surface area contributed by atoms with Gasteiger partial charge in [-0.05, 0) is 69.3 Å². The van der Waals surface area contributed by atoms with E-state index < -0.39 is 22.8 Å². The average molecular weight is 680 g/mol. The summed E-state index contributed by atoms with van der Waals surface area (Å²) in [6.07, 6.45) is 6.44. The molecule has 2 aliphatic heterocycles. The summed E-state index contributed by atoms with van der Waals surface area (Å²) in [5, 5.41) is 14.9. The fraction of sp³-hybridized carbons (Fsp3) is 0.415. The van der Waals surface area contributed by atoms with Gasteiger partial charge in [0, 0.05) is 35.5 Å². The first kappa shape index (κ1) is 36.5. The van der Waals surface area contributed by atoms with E-state index in [4.69, 9.17) is 9.47 Å². The van der Waals surface area contributed by atoms with E-state index in [0.717, 1.165) is 58.2 Å². The molecule has 0 spiro atoms. The lowest BCUT2D eigenvalue weighted by molar-refractivity contribution is -0.384. The second-order valence-electron chi connectivity index (χ2n) is 13.3. The van der Waals surface area contributed by atoms with Gasteiger partial charge >= 0.3 is 11.9 Å². The number of nitrogens with zero attached hydrogens (tertiary/aromatic N) is 2. The van der Waals surface area contributed by atoms with Crippen molar-refractivity contribution in [2.24, 2.45) is 0 Å². The van der Waals surface area contributed by atoms with Crippen LogP contribution in [0.2, 0.25) is 0 Å². The third kappa shape index (κ3) is 8.51. The molecular weight excluding hydrogens is 630 g/mol. The molecule has 0 saturated carbocycles. The van der Waals surface area contributed by atoms with Crippen molar-refractivity contribution >= 4 is 17.6 Å². The molecule has 9 nitrogen and oxygen atoms in total. The normalized spacial score (nSPS) is 17.6. The summed E-state index contributed by atoms with van der Waals surface area (Å²) in [4.78, 5) is 41.0. The number of esters is 2. The van der Waals surface area contributed by atoms with E-state index in [1.807, 2.05) is 0 Å². The highest BCUT2D eigenvalue weighted by Gasteiger charge is 2.39. The van der Waals surface area contributed by atoms with Crippen LogP contribution in [0, 0.1) is 10.1 Å². The molecule has 2 aliphatic rings. The number of nitrogens with one attached hydrogen (secondary N) is 1. The monoisotopic (exact) mass is 679 g/mol. The van der Waals surface area contributed by atoms with E-state index in [1.54, 1.807) is 26.0 Å². The largest absolute Gasteiger partial charge is 0.462 e. The lowest BCUT2D eigenvalue weighted by Gasteiger charge is -2.43. The fourth-order valence-electron chi connectivity index (χ4n) is 7.41. The van der Waals surface area contributed by atoms with Crippen LogP contribution in [-0.4, -0.2) is 54.6 Å². The molecule has 0 aromatic heterocycles. The molecule has 2 heterocycles. The predicted molar refractivity (Wildman–Crippen MR) is 194 cm³/mol. The Labute approximate surface area is 295 Å². The quantitative estimate of drug-likeness (QED) is 0.0746. The minimum atomic E-state index is -0.877. The molecular formula is C41H49N3O6. The van der Waals surface area contributed by atoms with Gasteiger partial charge in [0.05, 0.1) is 35.2 Å². The van der Waals surface area contributed by atoms with Crippen molar-refractivity contribution < 1.29 is 24.0 Å². The first-order valence-corrected chi connectivity index (χ1v) is 17.9. The zero-order valence-electron chi connectivity index (χ0n) is 29.5. The van der Waals surface area contributed by atoms with E-state index in [9.17, 15) is 19.7 Å².